The number of hydrogen-bond donors (Lipinski definition) is 2. The fourth-order valence-corrected chi connectivity index (χ4v) is 3.22. The van der Waals surface area contributed by atoms with Crippen molar-refractivity contribution in [2.24, 2.45) is 0 Å². The first-order valence-corrected chi connectivity index (χ1v) is 9.43. The second-order valence-corrected chi connectivity index (χ2v) is 9.33. The van der Waals surface area contributed by atoms with Crippen LogP contribution in [0, 0.1) is 0 Å². The Kier molecular flexibility index (Phi) is 4.75. The number of alkyl carbamates (subject to hydrolysis) is 1. The summed E-state index contributed by atoms with van der Waals surface area (Å²) in [5.41, 5.74) is -0.495. The van der Waals surface area contributed by atoms with Crippen molar-refractivity contribution in [3.8, 4) is 5.75 Å². The third-order valence-corrected chi connectivity index (χ3v) is 5.38. The van der Waals surface area contributed by atoms with Gasteiger partial charge in [-0.15, -0.1) is 0 Å². The van der Waals surface area contributed by atoms with E-state index in [1.54, 1.807) is 4.68 Å². The van der Waals surface area contributed by atoms with E-state index >= 15 is 0 Å². The predicted octanol–water partition coefficient (Wildman–Crippen LogP) is 1.73. The van der Waals surface area contributed by atoms with E-state index in [-0.39, 0.29) is 11.8 Å². The predicted molar refractivity (Wildman–Crippen MR) is 101 cm³/mol. The van der Waals surface area contributed by atoms with Gasteiger partial charge in [-0.2, -0.15) is 5.10 Å². The molecule has 0 aliphatic carbocycles. The van der Waals surface area contributed by atoms with Crippen molar-refractivity contribution < 1.29 is 23.9 Å². The molecule has 9 heteroatoms. The molecular weight excluding hydrogens is 349 g/mol. The average molecular weight is 379 g/mol. The second kappa shape index (κ2) is 6.41. The van der Waals surface area contributed by atoms with E-state index in [9.17, 15) is 9.90 Å². The van der Waals surface area contributed by atoms with Gasteiger partial charge in [-0.25, -0.2) is 4.79 Å². The molecule has 1 fully saturated rings. The Hall–Kier alpha value is -1.74. The number of aromatic nitrogens is 2. The Morgan fingerprint density at radius 2 is 1.89 bits per heavy atom. The van der Waals surface area contributed by atoms with Crippen LogP contribution in [0.4, 0.5) is 4.79 Å². The van der Waals surface area contributed by atoms with Gasteiger partial charge in [-0.1, -0.05) is 0 Å². The summed E-state index contributed by atoms with van der Waals surface area (Å²) in [7, 11) is -0.717. The van der Waals surface area contributed by atoms with Crippen molar-refractivity contribution in [3.63, 3.8) is 0 Å². The van der Waals surface area contributed by atoms with E-state index in [4.69, 9.17) is 14.0 Å². The summed E-state index contributed by atoms with van der Waals surface area (Å²) < 4.78 is 19.1. The number of ether oxygens (including phenoxy) is 1. The van der Waals surface area contributed by atoms with Gasteiger partial charge in [-0.3, -0.25) is 4.68 Å². The zero-order valence-electron chi connectivity index (χ0n) is 17.3. The van der Waals surface area contributed by atoms with Crippen LogP contribution in [-0.2, 0) is 27.0 Å². The van der Waals surface area contributed by atoms with Crippen molar-refractivity contribution in [1.29, 1.82) is 0 Å². The zero-order valence-corrected chi connectivity index (χ0v) is 17.3. The Labute approximate surface area is 160 Å². The topological polar surface area (TPSA) is 94.8 Å². The van der Waals surface area contributed by atoms with Gasteiger partial charge in [0.05, 0.1) is 16.9 Å². The second-order valence-electron chi connectivity index (χ2n) is 9.33. The Morgan fingerprint density at radius 1 is 1.30 bits per heavy atom. The van der Waals surface area contributed by atoms with Crippen molar-refractivity contribution >= 4 is 18.8 Å². The summed E-state index contributed by atoms with van der Waals surface area (Å²) in [5.74, 6) is 0.0733. The van der Waals surface area contributed by atoms with Crippen LogP contribution in [0.15, 0.2) is 0 Å². The monoisotopic (exact) mass is 379 g/mol. The quantitative estimate of drug-likeness (QED) is 0.760. The highest BCUT2D eigenvalue weighted by Gasteiger charge is 2.54. The lowest BCUT2D eigenvalue weighted by Gasteiger charge is -2.32. The van der Waals surface area contributed by atoms with Crippen LogP contribution in [0.25, 0.3) is 0 Å². The molecule has 2 aliphatic rings. The van der Waals surface area contributed by atoms with E-state index in [2.05, 4.69) is 10.4 Å². The molecule has 1 aromatic heterocycles. The third-order valence-electron chi connectivity index (χ3n) is 5.38. The number of hydrogen-bond acceptors (Lipinski definition) is 6. The number of carbonyl (C=O) groups excluding carboxylic acids is 1. The van der Waals surface area contributed by atoms with Crippen LogP contribution >= 0.6 is 0 Å². The summed E-state index contributed by atoms with van der Waals surface area (Å²) in [5, 5.41) is 18.1. The summed E-state index contributed by atoms with van der Waals surface area (Å²) in [6.45, 7) is 13.9. The van der Waals surface area contributed by atoms with Crippen LogP contribution in [0.2, 0.25) is 0 Å². The number of nitrogens with zero attached hydrogens (tertiary/aromatic N) is 2. The molecule has 3 rings (SSSR count). The van der Waals surface area contributed by atoms with Crippen LogP contribution in [0.3, 0.4) is 0 Å². The highest BCUT2D eigenvalue weighted by Crippen LogP contribution is 2.37. The highest BCUT2D eigenvalue weighted by molar-refractivity contribution is 6.62. The van der Waals surface area contributed by atoms with Gasteiger partial charge < -0.3 is 24.5 Å². The van der Waals surface area contributed by atoms with E-state index in [1.807, 2.05) is 48.5 Å². The molecule has 1 saturated heterocycles. The van der Waals surface area contributed by atoms with Gasteiger partial charge in [0.25, 0.3) is 0 Å². The lowest BCUT2D eigenvalue weighted by Crippen LogP contribution is -2.42. The fraction of sp³-hybridized carbons (Fsp3) is 0.778. The maximum absolute atomic E-state index is 12.0. The smallest absolute Gasteiger partial charge is 0.505 e. The highest BCUT2D eigenvalue weighted by atomic mass is 16.7. The molecule has 0 saturated carbocycles. The number of carbonyl (C=O) groups is 1. The van der Waals surface area contributed by atoms with Gasteiger partial charge in [0.2, 0.25) is 0 Å². The number of rotatable bonds is 2. The van der Waals surface area contributed by atoms with Gasteiger partial charge in [0.1, 0.15) is 11.2 Å². The van der Waals surface area contributed by atoms with Gasteiger partial charge in [0, 0.05) is 19.0 Å². The minimum Gasteiger partial charge on any atom is -0.505 e. The molecule has 1 amide bonds. The lowest BCUT2D eigenvalue weighted by atomic mass is 9.83. The summed E-state index contributed by atoms with van der Waals surface area (Å²) in [6, 6.07) is -0.124. The lowest BCUT2D eigenvalue weighted by molar-refractivity contribution is 0.00578. The van der Waals surface area contributed by atoms with E-state index in [0.717, 1.165) is 0 Å². The van der Waals surface area contributed by atoms with Crippen LogP contribution in [-0.4, -0.2) is 50.9 Å². The van der Waals surface area contributed by atoms with Gasteiger partial charge in [0.15, 0.2) is 5.75 Å². The van der Waals surface area contributed by atoms with E-state index in [0.29, 0.717) is 30.7 Å². The van der Waals surface area contributed by atoms with Crippen LogP contribution < -0.4 is 10.9 Å². The molecule has 2 N–H and O–H groups in total. The van der Waals surface area contributed by atoms with Crippen molar-refractivity contribution in [2.45, 2.75) is 90.7 Å². The largest absolute Gasteiger partial charge is 0.520 e. The molecule has 0 bridgehead atoms. The van der Waals surface area contributed by atoms with Crippen LogP contribution in [0.1, 0.15) is 60.6 Å². The third kappa shape index (κ3) is 3.94. The number of fused-ring (bicyclic) bond motifs is 1. The first kappa shape index (κ1) is 20.0. The van der Waals surface area contributed by atoms with E-state index < -0.39 is 30.0 Å². The molecule has 8 nitrogen and oxygen atoms in total. The van der Waals surface area contributed by atoms with E-state index in [1.165, 1.54) is 0 Å². The Bertz CT molecular complexity index is 722. The summed E-state index contributed by atoms with van der Waals surface area (Å²) in [6.07, 6.45) is 0.722. The van der Waals surface area contributed by atoms with Crippen LogP contribution in [0.5, 0.6) is 5.75 Å². The van der Waals surface area contributed by atoms with Crippen molar-refractivity contribution in [1.82, 2.24) is 15.1 Å². The average Bonchev–Trinajstić information content (AvgIpc) is 2.91. The van der Waals surface area contributed by atoms with Crippen molar-refractivity contribution in [3.05, 3.63) is 5.69 Å². The number of aryl methyl sites for hydroxylation is 1. The molecule has 27 heavy (non-hydrogen) atoms. The molecule has 3 heterocycles. The zero-order chi connectivity index (χ0) is 20.2. The molecule has 1 aromatic rings. The summed E-state index contributed by atoms with van der Waals surface area (Å²) in [4.78, 5) is 12.0. The first-order valence-electron chi connectivity index (χ1n) is 9.43. The standard InChI is InChI=1S/C18H30BN3O5/c1-16(2,3)25-15(24)20-11-8-9-22-12(10-11)13(23)14(21-22)19-26-17(4,5)18(6,7)27-19/h11,23H,8-10H2,1-7H3,(H,20,24). The molecule has 2 aliphatic heterocycles. The molecule has 150 valence electrons. The number of amides is 1. The number of aromatic hydroxyl groups is 1. The molecular formula is C18H30BN3O5. The molecule has 1 unspecified atom stereocenters. The normalized spacial score (nSPS) is 23.8. The minimum absolute atomic E-state index is 0.0733. The fourth-order valence-electron chi connectivity index (χ4n) is 3.22. The Balaban J connectivity index is 1.73. The van der Waals surface area contributed by atoms with Gasteiger partial charge >= 0.3 is 13.2 Å². The number of nitrogens with one attached hydrogen (secondary N) is 1. The molecule has 1 atom stereocenters. The molecule has 0 aromatic carbocycles. The first-order chi connectivity index (χ1) is 12.3. The maximum atomic E-state index is 12.0. The Morgan fingerprint density at radius 3 is 2.44 bits per heavy atom. The SMILES string of the molecule is CC(C)(C)OC(=O)NC1CCn2nc(B3OC(C)(C)C(C)(C)O3)c(O)c2C1. The molecule has 0 spiro atoms. The summed E-state index contributed by atoms with van der Waals surface area (Å²) >= 11 is 0. The minimum atomic E-state index is -0.717. The maximum Gasteiger partial charge on any atom is 0.520 e. The van der Waals surface area contributed by atoms with Gasteiger partial charge in [-0.05, 0) is 54.9 Å². The molecule has 0 radical (unpaired) electrons. The van der Waals surface area contributed by atoms with Crippen molar-refractivity contribution in [2.75, 3.05) is 0 Å².